The average molecular weight is 655 g/mol. The summed E-state index contributed by atoms with van der Waals surface area (Å²) >= 11 is 7.92. The number of thiol groups is 2. The number of hydrogen-bond acceptors (Lipinski definition) is 12. The van der Waals surface area contributed by atoms with Crippen LogP contribution in [0.3, 0.4) is 0 Å². The van der Waals surface area contributed by atoms with Crippen molar-refractivity contribution in [2.45, 2.75) is 12.1 Å². The molecule has 0 bridgehead atoms. The molecular formula is C28H34N2O12S2. The summed E-state index contributed by atoms with van der Waals surface area (Å²) in [7, 11) is 0. The monoisotopic (exact) mass is 654 g/mol. The van der Waals surface area contributed by atoms with Gasteiger partial charge in [0.05, 0.1) is 26.4 Å². The molecule has 44 heavy (non-hydrogen) atoms. The van der Waals surface area contributed by atoms with Crippen molar-refractivity contribution in [2.75, 3.05) is 64.4 Å². The van der Waals surface area contributed by atoms with Gasteiger partial charge >= 0.3 is 11.9 Å². The first-order valence-electron chi connectivity index (χ1n) is 13.5. The maximum atomic E-state index is 12.6. The highest BCUT2D eigenvalue weighted by Crippen LogP contribution is 2.30. The van der Waals surface area contributed by atoms with Crippen molar-refractivity contribution < 1.29 is 57.8 Å². The standard InChI is InChI=1S/C28H34N2O12S2/c31-25(29-19(15-43)27(33)34)17-1-3-21-23(13-17)41-11-7-38-8-12-42-24-14-18(26(32)30-20(16-44)28(35)36)2-4-22(24)40-10-6-37-5-9-39-21/h1-4,13-14,19-20,43-44H,5-12,15-16H2,(H,29,31)(H,30,32)(H,33,34)(H,35,36)/t19-,20-/m0/s1. The molecule has 1 aliphatic rings. The van der Waals surface area contributed by atoms with E-state index in [-0.39, 0.29) is 87.0 Å². The Balaban J connectivity index is 1.65. The summed E-state index contributed by atoms with van der Waals surface area (Å²) in [5.74, 6) is -2.58. The van der Waals surface area contributed by atoms with Gasteiger partial charge in [-0.15, -0.1) is 0 Å². The van der Waals surface area contributed by atoms with Gasteiger partial charge in [-0.25, -0.2) is 9.59 Å². The minimum atomic E-state index is -1.21. The lowest BCUT2D eigenvalue weighted by atomic mass is 10.1. The molecule has 0 fully saturated rings. The summed E-state index contributed by atoms with van der Waals surface area (Å²) in [6, 6.07) is 6.63. The van der Waals surface area contributed by atoms with E-state index >= 15 is 0 Å². The maximum absolute atomic E-state index is 12.6. The summed E-state index contributed by atoms with van der Waals surface area (Å²) in [6.07, 6.45) is 0. The van der Waals surface area contributed by atoms with Crippen molar-refractivity contribution >= 4 is 49.0 Å². The molecule has 0 unspecified atom stereocenters. The maximum Gasteiger partial charge on any atom is 0.327 e. The van der Waals surface area contributed by atoms with Crippen molar-refractivity contribution in [3.63, 3.8) is 0 Å². The van der Waals surface area contributed by atoms with E-state index in [0.717, 1.165) is 0 Å². The molecule has 0 saturated heterocycles. The molecule has 3 rings (SSSR count). The number of carbonyl (C=O) groups excluding carboxylic acids is 2. The summed E-state index contributed by atoms with van der Waals surface area (Å²) in [5.41, 5.74) is 0.335. The van der Waals surface area contributed by atoms with Crippen LogP contribution in [0.4, 0.5) is 0 Å². The molecule has 0 aliphatic carbocycles. The Morgan fingerprint density at radius 3 is 1.25 bits per heavy atom. The molecule has 0 radical (unpaired) electrons. The van der Waals surface area contributed by atoms with Gasteiger partial charge in [0.1, 0.15) is 38.5 Å². The Bertz CT molecular complexity index is 1200. The van der Waals surface area contributed by atoms with Crippen molar-refractivity contribution in [3.05, 3.63) is 47.5 Å². The van der Waals surface area contributed by atoms with Crippen LogP contribution in [0.15, 0.2) is 36.4 Å². The van der Waals surface area contributed by atoms with E-state index in [1.165, 1.54) is 24.3 Å². The van der Waals surface area contributed by atoms with Gasteiger partial charge in [-0.2, -0.15) is 25.3 Å². The molecule has 1 heterocycles. The van der Waals surface area contributed by atoms with E-state index in [9.17, 15) is 29.4 Å². The molecule has 4 N–H and O–H groups in total. The van der Waals surface area contributed by atoms with Gasteiger partial charge in [0.2, 0.25) is 0 Å². The highest BCUT2D eigenvalue weighted by molar-refractivity contribution is 7.80. The van der Waals surface area contributed by atoms with Gasteiger partial charge in [-0.1, -0.05) is 0 Å². The van der Waals surface area contributed by atoms with Crippen molar-refractivity contribution in [2.24, 2.45) is 0 Å². The Hall–Kier alpha value is -3.86. The quantitative estimate of drug-likeness (QED) is 0.224. The van der Waals surface area contributed by atoms with Crippen LogP contribution in [0.1, 0.15) is 20.7 Å². The third-order valence-electron chi connectivity index (χ3n) is 5.92. The third kappa shape index (κ3) is 10.7. The van der Waals surface area contributed by atoms with E-state index in [1.54, 1.807) is 12.1 Å². The molecule has 0 aromatic heterocycles. The zero-order valence-electron chi connectivity index (χ0n) is 23.6. The first kappa shape index (κ1) is 34.6. The number of amides is 2. The fraction of sp³-hybridized carbons (Fsp3) is 0.429. The Morgan fingerprint density at radius 1 is 0.591 bits per heavy atom. The number of benzene rings is 2. The number of carboxylic acids is 2. The Labute approximate surface area is 264 Å². The minimum Gasteiger partial charge on any atom is -0.487 e. The van der Waals surface area contributed by atoms with Crippen LogP contribution in [0, 0.1) is 0 Å². The molecule has 1 aliphatic heterocycles. The highest BCUT2D eigenvalue weighted by Gasteiger charge is 2.22. The fourth-order valence-corrected chi connectivity index (χ4v) is 4.16. The van der Waals surface area contributed by atoms with Crippen LogP contribution in [-0.4, -0.2) is 110 Å². The van der Waals surface area contributed by atoms with Crippen molar-refractivity contribution in [1.82, 2.24) is 10.6 Å². The molecule has 14 nitrogen and oxygen atoms in total. The number of ether oxygens (including phenoxy) is 6. The van der Waals surface area contributed by atoms with Gasteiger partial charge in [0.15, 0.2) is 23.0 Å². The lowest BCUT2D eigenvalue weighted by molar-refractivity contribution is -0.139. The molecule has 240 valence electrons. The second kappa shape index (κ2) is 18.1. The van der Waals surface area contributed by atoms with Crippen LogP contribution in [-0.2, 0) is 19.1 Å². The van der Waals surface area contributed by atoms with Crippen LogP contribution in [0.2, 0.25) is 0 Å². The lowest BCUT2D eigenvalue weighted by Gasteiger charge is -2.17. The normalized spacial score (nSPS) is 15.9. The van der Waals surface area contributed by atoms with Crippen LogP contribution in [0.5, 0.6) is 23.0 Å². The fourth-order valence-electron chi connectivity index (χ4n) is 3.66. The Morgan fingerprint density at radius 2 is 0.932 bits per heavy atom. The summed E-state index contributed by atoms with van der Waals surface area (Å²) in [6.45, 7) is 1.19. The van der Waals surface area contributed by atoms with Crippen LogP contribution in [0.25, 0.3) is 0 Å². The summed E-state index contributed by atoms with van der Waals surface area (Å²) in [4.78, 5) is 47.7. The topological polar surface area (TPSA) is 188 Å². The van der Waals surface area contributed by atoms with Crippen LogP contribution < -0.4 is 29.6 Å². The van der Waals surface area contributed by atoms with Gasteiger partial charge in [-0.05, 0) is 36.4 Å². The molecule has 2 amide bonds. The van der Waals surface area contributed by atoms with Crippen molar-refractivity contribution in [1.29, 1.82) is 0 Å². The molecule has 2 atom stereocenters. The summed E-state index contributed by atoms with van der Waals surface area (Å²) < 4.78 is 34.3. The first-order valence-corrected chi connectivity index (χ1v) is 14.7. The summed E-state index contributed by atoms with van der Waals surface area (Å²) in [5, 5.41) is 23.2. The predicted octanol–water partition coefficient (Wildman–Crippen LogP) is 1.17. The number of fused-ring (bicyclic) bond motifs is 2. The van der Waals surface area contributed by atoms with E-state index in [1.807, 2.05) is 0 Å². The number of carbonyl (C=O) groups is 4. The molecular weight excluding hydrogens is 620 g/mol. The molecule has 0 spiro atoms. The van der Waals surface area contributed by atoms with Crippen molar-refractivity contribution in [3.8, 4) is 23.0 Å². The zero-order chi connectivity index (χ0) is 31.9. The second-order valence-electron chi connectivity index (χ2n) is 9.04. The third-order valence-corrected chi connectivity index (χ3v) is 6.66. The first-order chi connectivity index (χ1) is 21.2. The van der Waals surface area contributed by atoms with E-state index < -0.39 is 35.8 Å². The number of hydrogen-bond donors (Lipinski definition) is 6. The van der Waals surface area contributed by atoms with E-state index in [0.29, 0.717) is 11.5 Å². The SMILES string of the molecule is O=C(N[C@@H](CS)C(=O)O)c1ccc2c(c1)OCCOCCOc1cc(C(=O)N[C@@H](CS)C(=O)O)ccc1OCCOCCO2. The molecule has 0 saturated carbocycles. The lowest BCUT2D eigenvalue weighted by Crippen LogP contribution is -2.42. The molecule has 16 heteroatoms. The largest absolute Gasteiger partial charge is 0.487 e. The number of aliphatic carboxylic acids is 2. The van der Waals surface area contributed by atoms with Gasteiger partial charge in [0.25, 0.3) is 11.8 Å². The molecule has 2 aromatic rings. The number of rotatable bonds is 8. The smallest absolute Gasteiger partial charge is 0.327 e. The Kier molecular flexibility index (Phi) is 14.2. The van der Waals surface area contributed by atoms with E-state index in [2.05, 4.69) is 35.9 Å². The van der Waals surface area contributed by atoms with Gasteiger partial charge in [-0.3, -0.25) is 9.59 Å². The number of nitrogens with one attached hydrogen (secondary N) is 2. The second-order valence-corrected chi connectivity index (χ2v) is 9.77. The zero-order valence-corrected chi connectivity index (χ0v) is 25.4. The van der Waals surface area contributed by atoms with E-state index in [4.69, 9.17) is 28.4 Å². The minimum absolute atomic E-state index is 0.0799. The predicted molar refractivity (Wildman–Crippen MR) is 162 cm³/mol. The van der Waals surface area contributed by atoms with Gasteiger partial charge < -0.3 is 49.3 Å². The number of carboxylic acid groups (broad SMARTS) is 2. The van der Waals surface area contributed by atoms with Crippen LogP contribution >= 0.6 is 25.3 Å². The molecule has 2 aromatic carbocycles. The van der Waals surface area contributed by atoms with Gasteiger partial charge in [0, 0.05) is 22.6 Å². The average Bonchev–Trinajstić information content (AvgIpc) is 3.01. The highest BCUT2D eigenvalue weighted by atomic mass is 32.1.